The first-order chi connectivity index (χ1) is 37.1. The summed E-state index contributed by atoms with van der Waals surface area (Å²) in [5.74, 6) is 0.547. The van der Waals surface area contributed by atoms with Gasteiger partial charge in [-0.25, -0.2) is 4.98 Å². The molecule has 3 heterocycles. The van der Waals surface area contributed by atoms with Crippen molar-refractivity contribution in [2.45, 2.75) is 141 Å². The maximum absolute atomic E-state index is 11.7. The van der Waals surface area contributed by atoms with Crippen LogP contribution in [0.2, 0.25) is 0 Å². The van der Waals surface area contributed by atoms with E-state index in [-0.39, 0.29) is 48.9 Å². The van der Waals surface area contributed by atoms with E-state index >= 15 is 0 Å². The smallest absolute Gasteiger partial charge is 0.162 e. The molecule has 0 fully saturated rings. The van der Waals surface area contributed by atoms with Crippen LogP contribution in [-0.2, 0) is 36.7 Å². The van der Waals surface area contributed by atoms with Gasteiger partial charge in [0.1, 0.15) is 5.01 Å². The summed E-state index contributed by atoms with van der Waals surface area (Å²) in [4.78, 5) is 26.1. The minimum absolute atomic E-state index is 0. The Labute approximate surface area is 490 Å². The Balaban J connectivity index is 0.000000203. The van der Waals surface area contributed by atoms with E-state index in [0.717, 1.165) is 80.8 Å². The standard InChI is InChI=1S/C30H30N.C29H27N2S.C13H24O2.Ir/c1-21-16-22(2)18-28(17-21)29-19-27(14-15-31-29)26-12-10-25(11-13-26)24-8-6-23(7-9-24)20-30(3,4)5;1-17-13-18(2)25(19(3)14-17)28-31-24-11-12-30-26(27(24)32-28)21-15-20-9-7-8-10-22(20)23(16-21)29(4,5)6;1-5-10(6-2)12(14)9-13(15)11(7-3)8-4;/h6-17,19H,20H2,1-5H3;7-14,16H,1-6H3;9-11,14H,5-8H2,1-4H3;/q2*-1;;/b;;12-9-;. The number of hydrogen-bond donors (Lipinski definition) is 1. The van der Waals surface area contributed by atoms with E-state index in [9.17, 15) is 9.90 Å². The van der Waals surface area contributed by atoms with Gasteiger partial charge in [0.05, 0.1) is 11.3 Å². The predicted octanol–water partition coefficient (Wildman–Crippen LogP) is 20.2. The third-order valence-electron chi connectivity index (χ3n) is 14.5. The van der Waals surface area contributed by atoms with Crippen LogP contribution in [-0.4, -0.2) is 25.8 Å². The van der Waals surface area contributed by atoms with Gasteiger partial charge in [0.25, 0.3) is 0 Å². The Hall–Kier alpha value is -6.37. The fraction of sp³-hybridized carbons (Fsp3) is 0.333. The van der Waals surface area contributed by atoms with Crippen LogP contribution < -0.4 is 0 Å². The quantitative estimate of drug-likeness (QED) is 0.0707. The van der Waals surface area contributed by atoms with Crippen LogP contribution in [0.1, 0.15) is 134 Å². The van der Waals surface area contributed by atoms with Crippen molar-refractivity contribution in [3.8, 4) is 55.3 Å². The first-order valence-electron chi connectivity index (χ1n) is 28.0. The van der Waals surface area contributed by atoms with Crippen LogP contribution in [0.5, 0.6) is 0 Å². The molecule has 1 radical (unpaired) electrons. The molecule has 0 spiro atoms. The molecule has 79 heavy (non-hydrogen) atoms. The molecule has 9 rings (SSSR count). The van der Waals surface area contributed by atoms with Gasteiger partial charge >= 0.3 is 0 Å². The number of hydrogen-bond acceptors (Lipinski definition) is 6. The van der Waals surface area contributed by atoms with Gasteiger partial charge in [-0.2, -0.15) is 0 Å². The summed E-state index contributed by atoms with van der Waals surface area (Å²) >= 11 is 1.73. The van der Waals surface area contributed by atoms with Gasteiger partial charge in [0.2, 0.25) is 0 Å². The van der Waals surface area contributed by atoms with Crippen LogP contribution in [0.4, 0.5) is 0 Å². The molecule has 0 aliphatic carbocycles. The van der Waals surface area contributed by atoms with Crippen LogP contribution in [0, 0.1) is 64.0 Å². The van der Waals surface area contributed by atoms with E-state index in [1.807, 2.05) is 46.2 Å². The van der Waals surface area contributed by atoms with Gasteiger partial charge in [-0.3, -0.25) is 9.78 Å². The number of aromatic nitrogens is 3. The number of pyridine rings is 2. The van der Waals surface area contributed by atoms with Crippen LogP contribution >= 0.6 is 11.3 Å². The monoisotopic (exact) mass is 1240 g/mol. The normalized spacial score (nSPS) is 11.8. The average Bonchev–Trinajstić information content (AvgIpc) is 3.98. The number of carbonyl (C=O) groups is 1. The van der Waals surface area contributed by atoms with Gasteiger partial charge in [-0.15, -0.1) is 75.4 Å². The predicted molar refractivity (Wildman–Crippen MR) is 333 cm³/mol. The van der Waals surface area contributed by atoms with Crippen molar-refractivity contribution >= 4 is 38.1 Å². The van der Waals surface area contributed by atoms with Crippen LogP contribution in [0.25, 0.3) is 76.3 Å². The molecule has 413 valence electrons. The maximum Gasteiger partial charge on any atom is 0.162 e. The molecule has 3 aromatic heterocycles. The zero-order chi connectivity index (χ0) is 56.5. The molecule has 0 aliphatic heterocycles. The zero-order valence-electron chi connectivity index (χ0n) is 49.4. The van der Waals surface area contributed by atoms with Gasteiger partial charge < -0.3 is 10.1 Å². The number of fused-ring (bicyclic) bond motifs is 2. The Morgan fingerprint density at radius 1 is 0.633 bits per heavy atom. The molecule has 6 aromatic carbocycles. The van der Waals surface area contributed by atoms with Crippen molar-refractivity contribution in [1.29, 1.82) is 0 Å². The number of aliphatic hydroxyl groups excluding tert-OH is 1. The van der Waals surface area contributed by atoms with Gasteiger partial charge in [0, 0.05) is 66.4 Å². The summed E-state index contributed by atoms with van der Waals surface area (Å²) in [6.07, 6.45) is 9.76. The molecular formula is C72H81IrN3O2S-2. The molecule has 9 aromatic rings. The molecular weight excluding hydrogens is 1160 g/mol. The molecule has 0 saturated carbocycles. The molecule has 0 unspecified atom stereocenters. The number of aryl methyl sites for hydroxylation is 5. The minimum atomic E-state index is 0. The summed E-state index contributed by atoms with van der Waals surface area (Å²) in [7, 11) is 0. The number of carbonyl (C=O) groups excluding carboxylic acids is 1. The molecule has 0 amide bonds. The van der Waals surface area contributed by atoms with Crippen molar-refractivity contribution in [3.05, 3.63) is 197 Å². The Morgan fingerprint density at radius 3 is 1.78 bits per heavy atom. The van der Waals surface area contributed by atoms with Gasteiger partial charge in [-0.05, 0) is 120 Å². The zero-order valence-corrected chi connectivity index (χ0v) is 52.6. The molecule has 0 bridgehead atoms. The van der Waals surface area contributed by atoms with Crippen molar-refractivity contribution in [2.24, 2.45) is 17.3 Å². The minimum Gasteiger partial charge on any atom is -0.512 e. The number of ketones is 1. The van der Waals surface area contributed by atoms with Crippen molar-refractivity contribution in [3.63, 3.8) is 0 Å². The largest absolute Gasteiger partial charge is 0.512 e. The summed E-state index contributed by atoms with van der Waals surface area (Å²) in [5, 5.41) is 13.2. The van der Waals surface area contributed by atoms with E-state index < -0.39 is 0 Å². The van der Waals surface area contributed by atoms with Gasteiger partial charge in [-0.1, -0.05) is 185 Å². The summed E-state index contributed by atoms with van der Waals surface area (Å²) in [6.45, 7) is 32.4. The van der Waals surface area contributed by atoms with E-state index in [2.05, 4.69) is 209 Å². The third kappa shape index (κ3) is 15.9. The van der Waals surface area contributed by atoms with E-state index in [1.165, 1.54) is 72.7 Å². The molecule has 0 aliphatic rings. The molecule has 7 heteroatoms. The number of rotatable bonds is 13. The molecule has 0 atom stereocenters. The third-order valence-corrected chi connectivity index (χ3v) is 15.6. The van der Waals surface area contributed by atoms with Crippen molar-refractivity contribution in [1.82, 2.24) is 15.0 Å². The second kappa shape index (κ2) is 27.2. The Bertz CT molecular complexity index is 3490. The number of benzene rings is 6. The maximum atomic E-state index is 11.7. The number of thiazole rings is 1. The first kappa shape index (κ1) is 61.8. The van der Waals surface area contributed by atoms with E-state index in [4.69, 9.17) is 9.97 Å². The Morgan fingerprint density at radius 2 is 1.20 bits per heavy atom. The summed E-state index contributed by atoms with van der Waals surface area (Å²) in [5.41, 5.74) is 20.3. The molecule has 1 N–H and O–H groups in total. The van der Waals surface area contributed by atoms with Crippen molar-refractivity contribution < 1.29 is 30.0 Å². The summed E-state index contributed by atoms with van der Waals surface area (Å²) in [6, 6.07) is 50.6. The number of allylic oxidation sites excluding steroid dienone is 2. The fourth-order valence-corrected chi connectivity index (χ4v) is 11.7. The first-order valence-corrected chi connectivity index (χ1v) is 28.8. The SMILES string of the molecule is CCC(CC)C(=O)/C=C(\O)C(CC)CC.Cc1[c-]c(-c2cc(-c3ccc(-c4ccc(CC(C)(C)C)cc4)cc3)ccn2)cc(C)c1.Cc1cc(C)c(-c2nc3ccnc(-c4[c-]c5ccccc5c(C(C)(C)C)c4)c3s2)c(C)c1.[Ir]. The second-order valence-corrected chi connectivity index (χ2v) is 24.4. The topological polar surface area (TPSA) is 76.0 Å². The van der Waals surface area contributed by atoms with Crippen LogP contribution in [0.3, 0.4) is 0 Å². The fourth-order valence-electron chi connectivity index (χ4n) is 10.5. The average molecular weight is 1240 g/mol. The molecule has 5 nitrogen and oxygen atoms in total. The number of aliphatic hydroxyl groups is 1. The number of nitrogens with zero attached hydrogens (tertiary/aromatic N) is 3. The molecule has 0 saturated heterocycles. The summed E-state index contributed by atoms with van der Waals surface area (Å²) < 4.78 is 1.12. The second-order valence-electron chi connectivity index (χ2n) is 23.4. The Kier molecular flexibility index (Phi) is 21.3. The van der Waals surface area contributed by atoms with Crippen molar-refractivity contribution in [2.75, 3.05) is 0 Å². The van der Waals surface area contributed by atoms with E-state index in [0.29, 0.717) is 5.41 Å². The van der Waals surface area contributed by atoms with Crippen LogP contribution in [0.15, 0.2) is 146 Å². The van der Waals surface area contributed by atoms with Gasteiger partial charge in [0.15, 0.2) is 5.78 Å². The van der Waals surface area contributed by atoms with E-state index in [1.54, 1.807) is 11.3 Å².